The Labute approximate surface area is 135 Å². The van der Waals surface area contributed by atoms with Crippen molar-refractivity contribution in [1.82, 2.24) is 0 Å². The molecule has 1 aliphatic heterocycles. The van der Waals surface area contributed by atoms with Gasteiger partial charge in [0.25, 0.3) is 0 Å². The van der Waals surface area contributed by atoms with Crippen LogP contribution in [-0.2, 0) is 4.79 Å². The number of para-hydroxylation sites is 2. The molecule has 0 spiro atoms. The average molecular weight is 309 g/mol. The van der Waals surface area contributed by atoms with E-state index in [0.29, 0.717) is 6.42 Å². The van der Waals surface area contributed by atoms with Gasteiger partial charge in [0.15, 0.2) is 0 Å². The van der Waals surface area contributed by atoms with Crippen molar-refractivity contribution in [2.75, 3.05) is 9.91 Å². The molecule has 1 aliphatic rings. The van der Waals surface area contributed by atoms with Crippen LogP contribution in [0.2, 0.25) is 0 Å². The number of nitrogens with zero attached hydrogens (tertiary/aromatic N) is 3. The van der Waals surface area contributed by atoms with Crippen molar-refractivity contribution in [3.63, 3.8) is 0 Å². The molecule has 0 fully saturated rings. The fourth-order valence-electron chi connectivity index (χ4n) is 3.30. The van der Waals surface area contributed by atoms with Gasteiger partial charge in [0.05, 0.1) is 23.1 Å². The molecule has 2 aromatic rings. The number of rotatable bonds is 3. The summed E-state index contributed by atoms with van der Waals surface area (Å²) in [5.41, 5.74) is 2.58. The highest BCUT2D eigenvalue weighted by Gasteiger charge is 2.35. The normalized spacial score (nSPS) is 19.8. The highest BCUT2D eigenvalue weighted by atomic mass is 16.3. The molecule has 1 heterocycles. The molecule has 0 N–H and O–H groups in total. The first-order valence-corrected chi connectivity index (χ1v) is 7.69. The van der Waals surface area contributed by atoms with Gasteiger partial charge < -0.3 is 4.90 Å². The molecule has 0 aromatic heterocycles. The van der Waals surface area contributed by atoms with Gasteiger partial charge in [-0.1, -0.05) is 36.4 Å². The molecule has 0 saturated carbocycles. The van der Waals surface area contributed by atoms with Crippen LogP contribution in [0.15, 0.2) is 59.9 Å². The van der Waals surface area contributed by atoms with Crippen molar-refractivity contribution in [3.8, 4) is 0 Å². The number of carbonyl (C=O) groups is 1. The van der Waals surface area contributed by atoms with Crippen molar-refractivity contribution in [3.05, 3.63) is 65.1 Å². The summed E-state index contributed by atoms with van der Waals surface area (Å²) in [6, 6.07) is 17.1. The Morgan fingerprint density at radius 1 is 1.13 bits per heavy atom. The predicted octanol–water partition coefficient (Wildman–Crippen LogP) is 4.06. The third-order valence-corrected chi connectivity index (χ3v) is 4.30. The van der Waals surface area contributed by atoms with Gasteiger partial charge in [-0.15, -0.1) is 4.91 Å². The summed E-state index contributed by atoms with van der Waals surface area (Å²) in [4.78, 5) is 25.4. The van der Waals surface area contributed by atoms with Crippen LogP contribution in [-0.4, -0.2) is 11.9 Å². The first-order chi connectivity index (χ1) is 11.1. The molecule has 0 bridgehead atoms. The Morgan fingerprint density at radius 2 is 1.78 bits per heavy atom. The van der Waals surface area contributed by atoms with Crippen molar-refractivity contribution < 1.29 is 4.79 Å². The lowest BCUT2D eigenvalue weighted by atomic mass is 9.91. The number of hydrogen-bond donors (Lipinski definition) is 0. The number of carbonyl (C=O) groups excluding carboxylic acids is 1. The zero-order valence-corrected chi connectivity index (χ0v) is 13.2. The maximum absolute atomic E-state index is 12.3. The second kappa shape index (κ2) is 6.20. The topological polar surface area (TPSA) is 53.0 Å². The van der Waals surface area contributed by atoms with Crippen molar-refractivity contribution in [2.45, 2.75) is 32.4 Å². The highest BCUT2D eigenvalue weighted by molar-refractivity contribution is 5.92. The molecular formula is C18H19N3O2. The molecular weight excluding hydrogens is 290 g/mol. The summed E-state index contributed by atoms with van der Waals surface area (Å²) in [6.45, 7) is 3.53. The Bertz CT molecular complexity index is 717. The number of amides is 1. The molecule has 2 aromatic carbocycles. The van der Waals surface area contributed by atoms with Crippen LogP contribution >= 0.6 is 0 Å². The van der Waals surface area contributed by atoms with Gasteiger partial charge in [-0.25, -0.2) is 5.01 Å². The first-order valence-electron chi connectivity index (χ1n) is 7.69. The minimum absolute atomic E-state index is 0.0179. The lowest BCUT2D eigenvalue weighted by Gasteiger charge is -2.40. The summed E-state index contributed by atoms with van der Waals surface area (Å²) in [6.07, 6.45) is 0.650. The SMILES string of the molecule is CC(=O)N(c1ccccc1)C1CC(C)N(N=O)c2ccccc21. The third kappa shape index (κ3) is 2.70. The van der Waals surface area contributed by atoms with Crippen molar-refractivity contribution in [2.24, 2.45) is 5.29 Å². The smallest absolute Gasteiger partial charge is 0.224 e. The Kier molecular flexibility index (Phi) is 4.10. The van der Waals surface area contributed by atoms with E-state index in [0.717, 1.165) is 16.9 Å². The van der Waals surface area contributed by atoms with E-state index in [9.17, 15) is 9.70 Å². The number of hydrogen-bond acceptors (Lipinski definition) is 3. The Hall–Kier alpha value is -2.69. The summed E-state index contributed by atoms with van der Waals surface area (Å²) in [5.74, 6) is -0.0179. The average Bonchev–Trinajstić information content (AvgIpc) is 2.56. The van der Waals surface area contributed by atoms with E-state index in [4.69, 9.17) is 0 Å². The van der Waals surface area contributed by atoms with Crippen LogP contribution in [0.25, 0.3) is 0 Å². The summed E-state index contributed by atoms with van der Waals surface area (Å²) >= 11 is 0. The van der Waals surface area contributed by atoms with Crippen molar-refractivity contribution >= 4 is 17.3 Å². The highest BCUT2D eigenvalue weighted by Crippen LogP contribution is 2.42. The number of benzene rings is 2. The van der Waals surface area contributed by atoms with E-state index in [1.54, 1.807) is 11.8 Å². The number of nitroso groups, excluding NO2 is 1. The van der Waals surface area contributed by atoms with Crippen LogP contribution in [0.3, 0.4) is 0 Å². The second-order valence-electron chi connectivity index (χ2n) is 5.81. The zero-order chi connectivity index (χ0) is 16.4. The molecule has 2 atom stereocenters. The quantitative estimate of drug-likeness (QED) is 0.803. The van der Waals surface area contributed by atoms with Gasteiger partial charge in [-0.05, 0) is 31.5 Å². The monoisotopic (exact) mass is 309 g/mol. The number of fused-ring (bicyclic) bond motifs is 1. The summed E-state index contributed by atoms with van der Waals surface area (Å²) in [7, 11) is 0. The first kappa shape index (κ1) is 15.2. The van der Waals surface area contributed by atoms with Gasteiger partial charge >= 0.3 is 0 Å². The lowest BCUT2D eigenvalue weighted by Crippen LogP contribution is -2.42. The summed E-state index contributed by atoms with van der Waals surface area (Å²) in [5, 5.41) is 4.66. The minimum atomic E-state index is -0.112. The zero-order valence-electron chi connectivity index (χ0n) is 13.2. The molecule has 5 heteroatoms. The molecule has 23 heavy (non-hydrogen) atoms. The molecule has 3 rings (SSSR count). The molecule has 0 radical (unpaired) electrons. The maximum Gasteiger partial charge on any atom is 0.224 e. The van der Waals surface area contributed by atoms with E-state index < -0.39 is 0 Å². The van der Waals surface area contributed by atoms with E-state index in [1.807, 2.05) is 61.5 Å². The molecule has 1 amide bonds. The number of anilines is 2. The predicted molar refractivity (Wildman–Crippen MR) is 91.1 cm³/mol. The Balaban J connectivity index is 2.11. The molecule has 0 aliphatic carbocycles. The van der Waals surface area contributed by atoms with Crippen LogP contribution in [0.1, 0.15) is 31.9 Å². The fourth-order valence-corrected chi connectivity index (χ4v) is 3.30. The van der Waals surface area contributed by atoms with E-state index >= 15 is 0 Å². The van der Waals surface area contributed by atoms with Crippen LogP contribution in [0.5, 0.6) is 0 Å². The van der Waals surface area contributed by atoms with Gasteiger partial charge in [-0.3, -0.25) is 4.79 Å². The van der Waals surface area contributed by atoms with Crippen LogP contribution < -0.4 is 9.91 Å². The summed E-state index contributed by atoms with van der Waals surface area (Å²) < 4.78 is 0. The van der Waals surface area contributed by atoms with E-state index in [2.05, 4.69) is 5.29 Å². The largest absolute Gasteiger partial charge is 0.305 e. The maximum atomic E-state index is 12.3. The molecule has 0 saturated heterocycles. The van der Waals surface area contributed by atoms with E-state index in [1.165, 1.54) is 5.01 Å². The Morgan fingerprint density at radius 3 is 2.43 bits per heavy atom. The van der Waals surface area contributed by atoms with Crippen molar-refractivity contribution in [1.29, 1.82) is 0 Å². The molecule has 5 nitrogen and oxygen atoms in total. The van der Waals surface area contributed by atoms with Gasteiger partial charge in [0.2, 0.25) is 5.91 Å². The third-order valence-electron chi connectivity index (χ3n) is 4.30. The molecule has 2 unspecified atom stereocenters. The van der Waals surface area contributed by atoms with Gasteiger partial charge in [0.1, 0.15) is 0 Å². The van der Waals surface area contributed by atoms with Crippen LogP contribution in [0, 0.1) is 4.91 Å². The van der Waals surface area contributed by atoms with Crippen LogP contribution in [0.4, 0.5) is 11.4 Å². The second-order valence-corrected chi connectivity index (χ2v) is 5.81. The standard InChI is InChI=1S/C18H19N3O2/c1-13-12-18(16-10-6-7-11-17(16)21(13)19-23)20(14(2)22)15-8-4-3-5-9-15/h3-11,13,18H,12H2,1-2H3. The van der Waals surface area contributed by atoms with Gasteiger partial charge in [0, 0.05) is 18.2 Å². The minimum Gasteiger partial charge on any atom is -0.305 e. The van der Waals surface area contributed by atoms with Gasteiger partial charge in [-0.2, -0.15) is 0 Å². The molecule has 118 valence electrons. The fraction of sp³-hybridized carbons (Fsp3) is 0.278. The van der Waals surface area contributed by atoms with E-state index in [-0.39, 0.29) is 18.0 Å². The lowest BCUT2D eigenvalue weighted by molar-refractivity contribution is -0.117.